The van der Waals surface area contributed by atoms with Gasteiger partial charge in [0, 0.05) is 6.04 Å². The van der Waals surface area contributed by atoms with Crippen molar-refractivity contribution >= 4 is 15.9 Å². The summed E-state index contributed by atoms with van der Waals surface area (Å²) >= 11 is 3.07. The van der Waals surface area contributed by atoms with E-state index in [0.29, 0.717) is 10.0 Å². The van der Waals surface area contributed by atoms with Crippen LogP contribution in [-0.4, -0.2) is 17.7 Å². The average molecular weight is 276 g/mol. The van der Waals surface area contributed by atoms with E-state index in [-0.39, 0.29) is 11.9 Å². The third kappa shape index (κ3) is 3.26. The SMILES string of the molecule is CCNC(C)C(O)c1ccc(Br)c(F)c1. The Kier molecular flexibility index (Phi) is 4.70. The van der Waals surface area contributed by atoms with Gasteiger partial charge in [-0.25, -0.2) is 4.39 Å². The van der Waals surface area contributed by atoms with Gasteiger partial charge in [0.25, 0.3) is 0 Å². The Labute approximate surface area is 97.6 Å². The maximum atomic E-state index is 13.2. The number of benzene rings is 1. The Morgan fingerprint density at radius 1 is 1.53 bits per heavy atom. The molecule has 0 saturated heterocycles. The van der Waals surface area contributed by atoms with Crippen LogP contribution in [-0.2, 0) is 0 Å². The molecule has 2 nitrogen and oxygen atoms in total. The molecule has 1 aromatic rings. The van der Waals surface area contributed by atoms with Crippen molar-refractivity contribution in [2.45, 2.75) is 26.0 Å². The first-order valence-corrected chi connectivity index (χ1v) is 5.72. The molecule has 2 atom stereocenters. The van der Waals surface area contributed by atoms with Crippen LogP contribution in [0.25, 0.3) is 0 Å². The van der Waals surface area contributed by atoms with Gasteiger partial charge in [-0.05, 0) is 47.1 Å². The average Bonchev–Trinajstić information content (AvgIpc) is 2.21. The minimum absolute atomic E-state index is 0.0874. The first kappa shape index (κ1) is 12.6. The third-order valence-corrected chi connectivity index (χ3v) is 2.93. The van der Waals surface area contributed by atoms with E-state index in [0.717, 1.165) is 6.54 Å². The first-order chi connectivity index (χ1) is 7.06. The number of hydrogen-bond donors (Lipinski definition) is 2. The lowest BCUT2D eigenvalue weighted by atomic mass is 10.0. The highest BCUT2D eigenvalue weighted by Crippen LogP contribution is 2.22. The van der Waals surface area contributed by atoms with Gasteiger partial charge in [-0.15, -0.1) is 0 Å². The minimum atomic E-state index is -0.687. The zero-order valence-corrected chi connectivity index (χ0v) is 10.4. The Hall–Kier alpha value is -0.450. The van der Waals surface area contributed by atoms with Crippen LogP contribution in [0, 0.1) is 5.82 Å². The van der Waals surface area contributed by atoms with Crippen LogP contribution in [0.1, 0.15) is 25.5 Å². The summed E-state index contributed by atoms with van der Waals surface area (Å²) in [4.78, 5) is 0. The van der Waals surface area contributed by atoms with Crippen LogP contribution in [0.5, 0.6) is 0 Å². The summed E-state index contributed by atoms with van der Waals surface area (Å²) < 4.78 is 13.6. The van der Waals surface area contributed by atoms with Crippen LogP contribution in [0.2, 0.25) is 0 Å². The third-order valence-electron chi connectivity index (χ3n) is 2.28. The number of aliphatic hydroxyl groups excluding tert-OH is 1. The van der Waals surface area contributed by atoms with Gasteiger partial charge < -0.3 is 10.4 Å². The fourth-order valence-electron chi connectivity index (χ4n) is 1.42. The van der Waals surface area contributed by atoms with Crippen LogP contribution in [0.15, 0.2) is 22.7 Å². The Morgan fingerprint density at radius 3 is 2.73 bits per heavy atom. The van der Waals surface area contributed by atoms with Crippen molar-refractivity contribution in [2.75, 3.05) is 6.54 Å². The number of rotatable bonds is 4. The normalized spacial score (nSPS) is 15.0. The molecule has 2 unspecified atom stereocenters. The summed E-state index contributed by atoms with van der Waals surface area (Å²) in [7, 11) is 0. The molecule has 2 N–H and O–H groups in total. The molecule has 0 heterocycles. The zero-order chi connectivity index (χ0) is 11.4. The number of aliphatic hydroxyl groups is 1. The van der Waals surface area contributed by atoms with Gasteiger partial charge in [0.1, 0.15) is 5.82 Å². The maximum Gasteiger partial charge on any atom is 0.137 e. The smallest absolute Gasteiger partial charge is 0.137 e. The van der Waals surface area contributed by atoms with Gasteiger partial charge in [0.15, 0.2) is 0 Å². The molecule has 0 aliphatic heterocycles. The second-order valence-electron chi connectivity index (χ2n) is 3.46. The summed E-state index contributed by atoms with van der Waals surface area (Å²) in [6.45, 7) is 4.61. The zero-order valence-electron chi connectivity index (χ0n) is 8.80. The van der Waals surface area contributed by atoms with Crippen LogP contribution in [0.3, 0.4) is 0 Å². The largest absolute Gasteiger partial charge is 0.387 e. The Balaban J connectivity index is 2.81. The Morgan fingerprint density at radius 2 is 2.20 bits per heavy atom. The maximum absolute atomic E-state index is 13.2. The molecule has 0 spiro atoms. The fourth-order valence-corrected chi connectivity index (χ4v) is 1.67. The lowest BCUT2D eigenvalue weighted by Crippen LogP contribution is -2.31. The molecule has 0 radical (unpaired) electrons. The molecule has 0 aromatic heterocycles. The van der Waals surface area contributed by atoms with Crippen molar-refractivity contribution in [1.82, 2.24) is 5.32 Å². The van der Waals surface area contributed by atoms with Gasteiger partial charge in [0.2, 0.25) is 0 Å². The molecule has 0 saturated carbocycles. The number of likely N-dealkylation sites (N-methyl/N-ethyl adjacent to an activating group) is 1. The van der Waals surface area contributed by atoms with Crippen molar-refractivity contribution in [1.29, 1.82) is 0 Å². The summed E-state index contributed by atoms with van der Waals surface area (Å²) in [6, 6.07) is 4.58. The highest BCUT2D eigenvalue weighted by Gasteiger charge is 2.16. The van der Waals surface area contributed by atoms with E-state index >= 15 is 0 Å². The molecule has 0 fully saturated rings. The van der Waals surface area contributed by atoms with Gasteiger partial charge >= 0.3 is 0 Å². The van der Waals surface area contributed by atoms with Crippen molar-refractivity contribution in [3.8, 4) is 0 Å². The molecular weight excluding hydrogens is 261 g/mol. The molecular formula is C11H15BrFNO. The number of halogens is 2. The first-order valence-electron chi connectivity index (χ1n) is 4.92. The van der Waals surface area contributed by atoms with E-state index in [1.807, 2.05) is 13.8 Å². The predicted molar refractivity (Wildman–Crippen MR) is 62.2 cm³/mol. The highest BCUT2D eigenvalue weighted by molar-refractivity contribution is 9.10. The molecule has 0 aliphatic carbocycles. The molecule has 1 aromatic carbocycles. The minimum Gasteiger partial charge on any atom is -0.387 e. The van der Waals surface area contributed by atoms with Crippen LogP contribution in [0.4, 0.5) is 4.39 Å². The lowest BCUT2D eigenvalue weighted by Gasteiger charge is -2.20. The molecule has 15 heavy (non-hydrogen) atoms. The quantitative estimate of drug-likeness (QED) is 0.886. The van der Waals surface area contributed by atoms with E-state index < -0.39 is 6.10 Å². The van der Waals surface area contributed by atoms with E-state index in [4.69, 9.17) is 0 Å². The van der Waals surface area contributed by atoms with Gasteiger partial charge in [-0.1, -0.05) is 13.0 Å². The summed E-state index contributed by atoms with van der Waals surface area (Å²) in [5.41, 5.74) is 0.587. The monoisotopic (exact) mass is 275 g/mol. The van der Waals surface area contributed by atoms with Gasteiger partial charge in [0.05, 0.1) is 10.6 Å². The molecule has 0 aliphatic rings. The highest BCUT2D eigenvalue weighted by atomic mass is 79.9. The lowest BCUT2D eigenvalue weighted by molar-refractivity contribution is 0.137. The predicted octanol–water partition coefficient (Wildman–Crippen LogP) is 2.62. The van der Waals surface area contributed by atoms with Gasteiger partial charge in [-0.2, -0.15) is 0 Å². The van der Waals surface area contributed by atoms with Crippen LogP contribution >= 0.6 is 15.9 Å². The van der Waals surface area contributed by atoms with E-state index in [9.17, 15) is 9.50 Å². The van der Waals surface area contributed by atoms with Crippen LogP contribution < -0.4 is 5.32 Å². The van der Waals surface area contributed by atoms with E-state index in [1.165, 1.54) is 6.07 Å². The number of nitrogens with one attached hydrogen (secondary N) is 1. The molecule has 84 valence electrons. The number of hydrogen-bond acceptors (Lipinski definition) is 2. The van der Waals surface area contributed by atoms with Gasteiger partial charge in [-0.3, -0.25) is 0 Å². The molecule has 1 rings (SSSR count). The van der Waals surface area contributed by atoms with Crippen molar-refractivity contribution in [3.63, 3.8) is 0 Å². The topological polar surface area (TPSA) is 32.3 Å². The summed E-state index contributed by atoms with van der Waals surface area (Å²) in [6.07, 6.45) is -0.687. The van der Waals surface area contributed by atoms with Crippen molar-refractivity contribution in [3.05, 3.63) is 34.1 Å². The Bertz CT molecular complexity index is 332. The van der Waals surface area contributed by atoms with Crippen molar-refractivity contribution < 1.29 is 9.50 Å². The molecule has 4 heteroatoms. The standard InChI is InChI=1S/C11H15BrFNO/c1-3-14-7(2)11(15)8-4-5-9(12)10(13)6-8/h4-7,11,14-15H,3H2,1-2H3. The van der Waals surface area contributed by atoms with E-state index in [1.54, 1.807) is 12.1 Å². The second-order valence-corrected chi connectivity index (χ2v) is 4.32. The summed E-state index contributed by atoms with van der Waals surface area (Å²) in [5.74, 6) is -0.352. The summed E-state index contributed by atoms with van der Waals surface area (Å²) in [5, 5.41) is 13.0. The van der Waals surface area contributed by atoms with Crippen molar-refractivity contribution in [2.24, 2.45) is 0 Å². The fraction of sp³-hybridized carbons (Fsp3) is 0.455. The second kappa shape index (κ2) is 5.58. The van der Waals surface area contributed by atoms with E-state index in [2.05, 4.69) is 21.2 Å². The molecule has 0 amide bonds. The molecule has 0 bridgehead atoms.